The summed E-state index contributed by atoms with van der Waals surface area (Å²) in [4.78, 5) is 30.2. The third-order valence-corrected chi connectivity index (χ3v) is 5.06. The highest BCUT2D eigenvalue weighted by atomic mass is 32.1. The molecule has 6 heteroatoms. The highest BCUT2D eigenvalue weighted by Gasteiger charge is 2.19. The SMILES string of the molecule is Cc1ccc(C)c(NC(=O)c2sc3ncn(C)c(=O)c3c2C)c1. The first-order valence-corrected chi connectivity index (χ1v) is 8.03. The minimum Gasteiger partial charge on any atom is -0.321 e. The Kier molecular flexibility index (Phi) is 3.77. The molecule has 0 spiro atoms. The summed E-state index contributed by atoms with van der Waals surface area (Å²) in [6.45, 7) is 5.72. The lowest BCUT2D eigenvalue weighted by atomic mass is 10.1. The zero-order valence-electron chi connectivity index (χ0n) is 13.4. The van der Waals surface area contributed by atoms with Crippen LogP contribution in [0.15, 0.2) is 29.3 Å². The number of aryl methyl sites for hydroxylation is 4. The van der Waals surface area contributed by atoms with Crippen LogP contribution in [0, 0.1) is 20.8 Å². The van der Waals surface area contributed by atoms with Gasteiger partial charge in [0.05, 0.1) is 16.6 Å². The van der Waals surface area contributed by atoms with E-state index in [9.17, 15) is 9.59 Å². The van der Waals surface area contributed by atoms with E-state index in [0.29, 0.717) is 20.7 Å². The van der Waals surface area contributed by atoms with E-state index in [4.69, 9.17) is 0 Å². The molecule has 5 nitrogen and oxygen atoms in total. The van der Waals surface area contributed by atoms with E-state index >= 15 is 0 Å². The summed E-state index contributed by atoms with van der Waals surface area (Å²) in [6, 6.07) is 5.91. The summed E-state index contributed by atoms with van der Waals surface area (Å²) in [7, 11) is 1.65. The fraction of sp³-hybridized carbons (Fsp3) is 0.235. The van der Waals surface area contributed by atoms with Crippen molar-refractivity contribution >= 4 is 33.1 Å². The predicted octanol–water partition coefficient (Wildman–Crippen LogP) is 3.17. The first-order valence-electron chi connectivity index (χ1n) is 7.22. The molecule has 0 aliphatic carbocycles. The molecule has 3 rings (SSSR count). The van der Waals surface area contributed by atoms with Crippen molar-refractivity contribution in [3.63, 3.8) is 0 Å². The number of fused-ring (bicyclic) bond motifs is 1. The first kappa shape index (κ1) is 15.4. The molecule has 118 valence electrons. The molecule has 0 unspecified atom stereocenters. The second-order valence-corrected chi connectivity index (χ2v) is 6.67. The van der Waals surface area contributed by atoms with Gasteiger partial charge in [0.15, 0.2) is 0 Å². The number of carbonyl (C=O) groups is 1. The van der Waals surface area contributed by atoms with Gasteiger partial charge in [-0.15, -0.1) is 11.3 Å². The number of nitrogens with zero attached hydrogens (tertiary/aromatic N) is 2. The predicted molar refractivity (Wildman–Crippen MR) is 93.5 cm³/mol. The molecule has 2 aromatic heterocycles. The van der Waals surface area contributed by atoms with Gasteiger partial charge in [-0.1, -0.05) is 12.1 Å². The molecule has 0 fully saturated rings. The number of anilines is 1. The van der Waals surface area contributed by atoms with E-state index in [-0.39, 0.29) is 11.5 Å². The molecule has 0 saturated heterocycles. The average molecular weight is 327 g/mol. The van der Waals surface area contributed by atoms with Gasteiger partial charge in [0.1, 0.15) is 4.83 Å². The van der Waals surface area contributed by atoms with Crippen molar-refractivity contribution < 1.29 is 4.79 Å². The Balaban J connectivity index is 2.05. The van der Waals surface area contributed by atoms with E-state index in [0.717, 1.165) is 16.8 Å². The minimum absolute atomic E-state index is 0.130. The fourth-order valence-corrected chi connectivity index (χ4v) is 3.51. The lowest BCUT2D eigenvalue weighted by molar-refractivity contribution is 0.103. The van der Waals surface area contributed by atoms with Crippen LogP contribution in [0.25, 0.3) is 10.2 Å². The first-order chi connectivity index (χ1) is 10.9. The van der Waals surface area contributed by atoms with Crippen LogP contribution in [0.3, 0.4) is 0 Å². The molecule has 0 bridgehead atoms. The van der Waals surface area contributed by atoms with Crippen LogP contribution in [-0.2, 0) is 7.05 Å². The number of amides is 1. The zero-order chi connectivity index (χ0) is 16.7. The number of benzene rings is 1. The van der Waals surface area contributed by atoms with Gasteiger partial charge in [-0.25, -0.2) is 4.98 Å². The quantitative estimate of drug-likeness (QED) is 0.786. The number of carbonyl (C=O) groups excluding carboxylic acids is 1. The summed E-state index contributed by atoms with van der Waals surface area (Å²) in [5, 5.41) is 3.46. The molecular weight excluding hydrogens is 310 g/mol. The lowest BCUT2D eigenvalue weighted by Gasteiger charge is -2.08. The van der Waals surface area contributed by atoms with Gasteiger partial charge in [0.2, 0.25) is 0 Å². The summed E-state index contributed by atoms with van der Waals surface area (Å²) in [5.41, 5.74) is 3.41. The summed E-state index contributed by atoms with van der Waals surface area (Å²) in [5.74, 6) is -0.207. The van der Waals surface area contributed by atoms with Gasteiger partial charge in [0, 0.05) is 12.7 Å². The van der Waals surface area contributed by atoms with Crippen molar-refractivity contribution in [1.82, 2.24) is 9.55 Å². The van der Waals surface area contributed by atoms with E-state index in [1.807, 2.05) is 32.0 Å². The van der Waals surface area contributed by atoms with Crippen LogP contribution in [0.4, 0.5) is 5.69 Å². The van der Waals surface area contributed by atoms with Crippen molar-refractivity contribution in [3.05, 3.63) is 56.4 Å². The number of hydrogen-bond acceptors (Lipinski definition) is 4. The molecule has 0 aliphatic heterocycles. The molecule has 2 heterocycles. The van der Waals surface area contributed by atoms with Crippen molar-refractivity contribution in [2.75, 3.05) is 5.32 Å². The molecule has 0 aliphatic rings. The van der Waals surface area contributed by atoms with Crippen molar-refractivity contribution in [3.8, 4) is 0 Å². The average Bonchev–Trinajstić information content (AvgIpc) is 2.84. The highest BCUT2D eigenvalue weighted by Crippen LogP contribution is 2.28. The van der Waals surface area contributed by atoms with E-state index in [1.54, 1.807) is 14.0 Å². The van der Waals surface area contributed by atoms with Crippen LogP contribution >= 0.6 is 11.3 Å². The molecule has 0 atom stereocenters. The largest absolute Gasteiger partial charge is 0.321 e. The number of thiophene rings is 1. The van der Waals surface area contributed by atoms with Gasteiger partial charge >= 0.3 is 0 Å². The van der Waals surface area contributed by atoms with Gasteiger partial charge in [-0.2, -0.15) is 0 Å². The second kappa shape index (κ2) is 5.62. The van der Waals surface area contributed by atoms with Crippen molar-refractivity contribution in [2.24, 2.45) is 7.05 Å². The maximum absolute atomic E-state index is 12.6. The Hall–Kier alpha value is -2.47. The Bertz CT molecular complexity index is 985. The van der Waals surface area contributed by atoms with Crippen LogP contribution < -0.4 is 10.9 Å². The smallest absolute Gasteiger partial charge is 0.266 e. The standard InChI is InChI=1S/C17H17N3O2S/c1-9-5-6-10(2)12(7-9)19-15(21)14-11(3)13-16(23-14)18-8-20(4)17(13)22/h5-8H,1-4H3,(H,19,21). The van der Waals surface area contributed by atoms with Crippen LogP contribution in [0.2, 0.25) is 0 Å². The maximum Gasteiger partial charge on any atom is 0.266 e. The fourth-order valence-electron chi connectivity index (χ4n) is 2.48. The monoisotopic (exact) mass is 327 g/mol. The minimum atomic E-state index is -0.207. The molecule has 1 aromatic carbocycles. The summed E-state index contributed by atoms with van der Waals surface area (Å²) < 4.78 is 1.43. The third kappa shape index (κ3) is 2.66. The Morgan fingerprint density at radius 3 is 2.74 bits per heavy atom. The highest BCUT2D eigenvalue weighted by molar-refractivity contribution is 7.20. The number of nitrogens with one attached hydrogen (secondary N) is 1. The van der Waals surface area contributed by atoms with Crippen LogP contribution in [-0.4, -0.2) is 15.5 Å². The second-order valence-electron chi connectivity index (χ2n) is 5.67. The molecule has 1 amide bonds. The molecule has 0 saturated carbocycles. The molecule has 1 N–H and O–H groups in total. The number of hydrogen-bond donors (Lipinski definition) is 1. The zero-order valence-corrected chi connectivity index (χ0v) is 14.2. The lowest BCUT2D eigenvalue weighted by Crippen LogP contribution is -2.17. The summed E-state index contributed by atoms with van der Waals surface area (Å²) >= 11 is 1.25. The van der Waals surface area contributed by atoms with Gasteiger partial charge < -0.3 is 9.88 Å². The number of rotatable bonds is 2. The normalized spacial score (nSPS) is 11.0. The van der Waals surface area contributed by atoms with Crippen molar-refractivity contribution in [1.29, 1.82) is 0 Å². The van der Waals surface area contributed by atoms with E-state index < -0.39 is 0 Å². The van der Waals surface area contributed by atoms with Gasteiger partial charge in [0.25, 0.3) is 11.5 Å². The maximum atomic E-state index is 12.6. The Labute approximate surface area is 137 Å². The molecule has 0 radical (unpaired) electrons. The van der Waals surface area contributed by atoms with Crippen LogP contribution in [0.1, 0.15) is 26.4 Å². The molecule has 3 aromatic rings. The molecule has 23 heavy (non-hydrogen) atoms. The molecular formula is C17H17N3O2S. The van der Waals surface area contributed by atoms with E-state index in [1.165, 1.54) is 22.2 Å². The third-order valence-electron chi connectivity index (χ3n) is 3.86. The van der Waals surface area contributed by atoms with Crippen LogP contribution in [0.5, 0.6) is 0 Å². The number of aromatic nitrogens is 2. The van der Waals surface area contributed by atoms with Gasteiger partial charge in [-0.3, -0.25) is 9.59 Å². The van der Waals surface area contributed by atoms with Gasteiger partial charge in [-0.05, 0) is 43.5 Å². The summed E-state index contributed by atoms with van der Waals surface area (Å²) in [6.07, 6.45) is 1.48. The van der Waals surface area contributed by atoms with Crippen molar-refractivity contribution in [2.45, 2.75) is 20.8 Å². The topological polar surface area (TPSA) is 64.0 Å². The van der Waals surface area contributed by atoms with E-state index in [2.05, 4.69) is 10.3 Å². The Morgan fingerprint density at radius 1 is 1.26 bits per heavy atom. The Morgan fingerprint density at radius 2 is 2.00 bits per heavy atom.